The van der Waals surface area contributed by atoms with Crippen molar-refractivity contribution >= 4 is 17.5 Å². The monoisotopic (exact) mass is 301 g/mol. The Bertz CT molecular complexity index is 578. The van der Waals surface area contributed by atoms with Gasteiger partial charge < -0.3 is 4.90 Å². The van der Waals surface area contributed by atoms with Gasteiger partial charge in [0.15, 0.2) is 0 Å². The number of benzene rings is 2. The van der Waals surface area contributed by atoms with E-state index in [1.54, 1.807) is 19.0 Å². The average molecular weight is 302 g/mol. The Labute approximate surface area is 131 Å². The van der Waals surface area contributed by atoms with Gasteiger partial charge in [-0.3, -0.25) is 4.79 Å². The summed E-state index contributed by atoms with van der Waals surface area (Å²) in [7, 11) is 3.50. The second-order valence-corrected chi connectivity index (χ2v) is 5.97. The van der Waals surface area contributed by atoms with Gasteiger partial charge in [-0.15, -0.1) is 11.6 Å². The molecule has 1 amide bonds. The first-order valence-electron chi connectivity index (χ1n) is 7.05. The van der Waals surface area contributed by atoms with Crippen LogP contribution >= 0.6 is 11.6 Å². The van der Waals surface area contributed by atoms with Crippen molar-refractivity contribution < 1.29 is 4.79 Å². The minimum atomic E-state index is -0.164. The van der Waals surface area contributed by atoms with Crippen molar-refractivity contribution in [1.29, 1.82) is 0 Å². The first-order chi connectivity index (χ1) is 10.1. The zero-order chi connectivity index (χ0) is 15.2. The fraction of sp³-hybridized carbons (Fsp3) is 0.278. The fourth-order valence-electron chi connectivity index (χ4n) is 2.16. The SMILES string of the molecule is CN(C)C(=O)CC(Cl)Cc1ccc(-c2ccccc2)cc1. The number of halogens is 1. The molecule has 2 rings (SSSR count). The van der Waals surface area contributed by atoms with Crippen LogP contribution < -0.4 is 0 Å². The second kappa shape index (κ2) is 7.28. The summed E-state index contributed by atoms with van der Waals surface area (Å²) in [6.07, 6.45) is 1.07. The summed E-state index contributed by atoms with van der Waals surface area (Å²) in [6, 6.07) is 18.6. The van der Waals surface area contributed by atoms with E-state index in [0.717, 1.165) is 5.56 Å². The van der Waals surface area contributed by atoms with Crippen molar-refractivity contribution in [3.8, 4) is 11.1 Å². The molecule has 0 aliphatic carbocycles. The van der Waals surface area contributed by atoms with Gasteiger partial charge in [0.05, 0.1) is 0 Å². The zero-order valence-corrected chi connectivity index (χ0v) is 13.2. The van der Waals surface area contributed by atoms with Crippen molar-refractivity contribution in [2.24, 2.45) is 0 Å². The van der Waals surface area contributed by atoms with Crippen molar-refractivity contribution in [2.75, 3.05) is 14.1 Å². The van der Waals surface area contributed by atoms with Crippen LogP contribution in [0.15, 0.2) is 54.6 Å². The summed E-state index contributed by atoms with van der Waals surface area (Å²) >= 11 is 6.26. The highest BCUT2D eigenvalue weighted by atomic mass is 35.5. The van der Waals surface area contributed by atoms with E-state index in [1.807, 2.05) is 18.2 Å². The highest BCUT2D eigenvalue weighted by molar-refractivity contribution is 6.21. The Balaban J connectivity index is 1.98. The molecule has 0 saturated heterocycles. The lowest BCUT2D eigenvalue weighted by atomic mass is 10.0. The quantitative estimate of drug-likeness (QED) is 0.765. The Hall–Kier alpha value is -1.80. The number of hydrogen-bond donors (Lipinski definition) is 0. The Kier molecular flexibility index (Phi) is 5.40. The molecule has 0 bridgehead atoms. The van der Waals surface area contributed by atoms with E-state index in [-0.39, 0.29) is 11.3 Å². The van der Waals surface area contributed by atoms with Gasteiger partial charge in [-0.2, -0.15) is 0 Å². The molecule has 3 heteroatoms. The molecule has 21 heavy (non-hydrogen) atoms. The third-order valence-corrected chi connectivity index (χ3v) is 3.72. The van der Waals surface area contributed by atoms with Crippen molar-refractivity contribution in [3.63, 3.8) is 0 Å². The van der Waals surface area contributed by atoms with Crippen LogP contribution in [0.4, 0.5) is 0 Å². The van der Waals surface area contributed by atoms with E-state index in [2.05, 4.69) is 36.4 Å². The Morgan fingerprint density at radius 2 is 1.57 bits per heavy atom. The molecule has 1 unspecified atom stereocenters. The van der Waals surface area contributed by atoms with Crippen LogP contribution in [0, 0.1) is 0 Å². The number of rotatable bonds is 5. The topological polar surface area (TPSA) is 20.3 Å². The van der Waals surface area contributed by atoms with Crippen molar-refractivity contribution in [3.05, 3.63) is 60.2 Å². The molecule has 2 nitrogen and oxygen atoms in total. The molecule has 0 heterocycles. The van der Waals surface area contributed by atoms with Crippen molar-refractivity contribution in [2.45, 2.75) is 18.2 Å². The van der Waals surface area contributed by atoms with Gasteiger partial charge in [-0.05, 0) is 23.1 Å². The summed E-state index contributed by atoms with van der Waals surface area (Å²) in [4.78, 5) is 13.2. The van der Waals surface area contributed by atoms with E-state index in [4.69, 9.17) is 11.6 Å². The molecule has 0 spiro atoms. The van der Waals surface area contributed by atoms with Gasteiger partial charge >= 0.3 is 0 Å². The van der Waals surface area contributed by atoms with Gasteiger partial charge in [0.2, 0.25) is 5.91 Å². The minimum Gasteiger partial charge on any atom is -0.349 e. The van der Waals surface area contributed by atoms with Gasteiger partial charge in [0.1, 0.15) is 0 Å². The van der Waals surface area contributed by atoms with E-state index >= 15 is 0 Å². The number of alkyl halides is 1. The number of amides is 1. The van der Waals surface area contributed by atoms with Gasteiger partial charge in [-0.1, -0.05) is 54.6 Å². The lowest BCUT2D eigenvalue weighted by Crippen LogP contribution is -2.25. The molecular formula is C18H20ClNO. The van der Waals surface area contributed by atoms with Crippen LogP contribution in [-0.4, -0.2) is 30.3 Å². The fourth-order valence-corrected chi connectivity index (χ4v) is 2.47. The maximum Gasteiger partial charge on any atom is 0.223 e. The standard InChI is InChI=1S/C18H20ClNO/c1-20(2)18(21)13-17(19)12-14-8-10-16(11-9-14)15-6-4-3-5-7-15/h3-11,17H,12-13H2,1-2H3. The molecule has 0 aliphatic rings. The highest BCUT2D eigenvalue weighted by Crippen LogP contribution is 2.20. The van der Waals surface area contributed by atoms with E-state index in [1.165, 1.54) is 11.1 Å². The predicted octanol–water partition coefficient (Wildman–Crippen LogP) is 3.98. The number of nitrogens with zero attached hydrogens (tertiary/aromatic N) is 1. The smallest absolute Gasteiger partial charge is 0.223 e. The molecule has 2 aromatic rings. The number of hydrogen-bond acceptors (Lipinski definition) is 1. The van der Waals surface area contributed by atoms with E-state index < -0.39 is 0 Å². The summed E-state index contributed by atoms with van der Waals surface area (Å²) in [5.41, 5.74) is 3.55. The minimum absolute atomic E-state index is 0.0657. The van der Waals surface area contributed by atoms with Crippen LogP contribution in [0.1, 0.15) is 12.0 Å². The molecule has 1 atom stereocenters. The molecule has 0 aliphatic heterocycles. The van der Waals surface area contributed by atoms with Crippen LogP contribution in [-0.2, 0) is 11.2 Å². The van der Waals surface area contributed by atoms with Crippen LogP contribution in [0.3, 0.4) is 0 Å². The molecule has 2 aromatic carbocycles. The molecule has 0 aromatic heterocycles. The van der Waals surface area contributed by atoms with Crippen molar-refractivity contribution in [1.82, 2.24) is 4.90 Å². The normalized spacial score (nSPS) is 12.0. The van der Waals surface area contributed by atoms with Crippen LogP contribution in [0.2, 0.25) is 0 Å². The summed E-state index contributed by atoms with van der Waals surface area (Å²) in [6.45, 7) is 0. The summed E-state index contributed by atoms with van der Waals surface area (Å²) in [5, 5.41) is -0.164. The molecule has 0 fully saturated rings. The molecule has 0 N–H and O–H groups in total. The second-order valence-electron chi connectivity index (χ2n) is 5.36. The van der Waals surface area contributed by atoms with Crippen LogP contribution in [0.25, 0.3) is 11.1 Å². The van der Waals surface area contributed by atoms with Gasteiger partial charge in [0.25, 0.3) is 0 Å². The van der Waals surface area contributed by atoms with E-state index in [9.17, 15) is 4.79 Å². The largest absolute Gasteiger partial charge is 0.349 e. The maximum absolute atomic E-state index is 11.6. The van der Waals surface area contributed by atoms with Gasteiger partial charge in [-0.25, -0.2) is 0 Å². The number of carbonyl (C=O) groups is 1. The van der Waals surface area contributed by atoms with Gasteiger partial charge in [0, 0.05) is 25.9 Å². The lowest BCUT2D eigenvalue weighted by Gasteiger charge is -2.14. The zero-order valence-electron chi connectivity index (χ0n) is 12.4. The molecule has 110 valence electrons. The third-order valence-electron chi connectivity index (χ3n) is 3.41. The van der Waals surface area contributed by atoms with E-state index in [0.29, 0.717) is 12.8 Å². The average Bonchev–Trinajstić information content (AvgIpc) is 2.48. The Morgan fingerprint density at radius 3 is 2.14 bits per heavy atom. The Morgan fingerprint density at radius 1 is 1.00 bits per heavy atom. The first-order valence-corrected chi connectivity index (χ1v) is 7.48. The first kappa shape index (κ1) is 15.6. The number of carbonyl (C=O) groups excluding carboxylic acids is 1. The predicted molar refractivity (Wildman–Crippen MR) is 88.5 cm³/mol. The highest BCUT2D eigenvalue weighted by Gasteiger charge is 2.13. The summed E-state index contributed by atoms with van der Waals surface area (Å²) in [5.74, 6) is 0.0657. The third kappa shape index (κ3) is 4.61. The lowest BCUT2D eigenvalue weighted by molar-refractivity contribution is -0.128. The molecule has 0 saturated carbocycles. The summed E-state index contributed by atoms with van der Waals surface area (Å²) < 4.78 is 0. The van der Waals surface area contributed by atoms with Crippen LogP contribution in [0.5, 0.6) is 0 Å². The maximum atomic E-state index is 11.6. The molecule has 0 radical (unpaired) electrons. The molecular weight excluding hydrogens is 282 g/mol.